The number of hydrogen-bond acceptors (Lipinski definition) is 3. The molecule has 0 spiro atoms. The lowest BCUT2D eigenvalue weighted by Gasteiger charge is -2.42. The van der Waals surface area contributed by atoms with E-state index in [1.165, 1.54) is 0 Å². The normalized spacial score (nSPS) is 24.1. The molecule has 0 radical (unpaired) electrons. The van der Waals surface area contributed by atoms with E-state index in [9.17, 15) is 0 Å². The summed E-state index contributed by atoms with van der Waals surface area (Å²) in [6.07, 6.45) is 2.10. The van der Waals surface area contributed by atoms with Crippen molar-refractivity contribution < 1.29 is 4.74 Å². The summed E-state index contributed by atoms with van der Waals surface area (Å²) in [5, 5.41) is 0.876. The van der Waals surface area contributed by atoms with E-state index in [4.69, 9.17) is 4.74 Å². The molecule has 0 N–H and O–H groups in total. The average Bonchev–Trinajstić information content (AvgIpc) is 2.30. The Hall–Kier alpha value is 0.0300. The van der Waals surface area contributed by atoms with Crippen LogP contribution in [0.4, 0.5) is 0 Å². The lowest BCUT2D eigenvalue weighted by molar-refractivity contribution is -0.128. The number of morpholine rings is 1. The topological polar surface area (TPSA) is 25.4 Å². The largest absolute Gasteiger partial charge is 0.369 e. The van der Waals surface area contributed by atoms with Crippen molar-refractivity contribution in [2.75, 3.05) is 18.4 Å². The minimum absolute atomic E-state index is 0.0912. The van der Waals surface area contributed by atoms with Gasteiger partial charge in [-0.25, -0.2) is 0 Å². The summed E-state index contributed by atoms with van der Waals surface area (Å²) in [7, 11) is 0. The van der Waals surface area contributed by atoms with Crippen LogP contribution in [0, 0.1) is 0 Å². The van der Waals surface area contributed by atoms with Crippen molar-refractivity contribution in [3.8, 4) is 0 Å². The van der Waals surface area contributed by atoms with Crippen molar-refractivity contribution in [3.05, 3.63) is 28.5 Å². The SMILES string of the molecule is CC1(C)CN(Cc2ccc(Br)cn2)CC(CBr)O1. The highest BCUT2D eigenvalue weighted by Gasteiger charge is 2.32. The van der Waals surface area contributed by atoms with Crippen LogP contribution in [0.25, 0.3) is 0 Å². The number of nitrogens with zero attached hydrogens (tertiary/aromatic N) is 2. The number of alkyl halides is 1. The lowest BCUT2D eigenvalue weighted by Crippen LogP contribution is -2.52. The van der Waals surface area contributed by atoms with Gasteiger partial charge in [-0.05, 0) is 41.9 Å². The highest BCUT2D eigenvalue weighted by atomic mass is 79.9. The quantitative estimate of drug-likeness (QED) is 0.756. The molecule has 3 nitrogen and oxygen atoms in total. The highest BCUT2D eigenvalue weighted by molar-refractivity contribution is 9.10. The molecular weight excluding hydrogens is 360 g/mol. The number of halogens is 2. The third-order valence-electron chi connectivity index (χ3n) is 2.90. The van der Waals surface area contributed by atoms with E-state index in [-0.39, 0.29) is 11.7 Å². The van der Waals surface area contributed by atoms with Crippen molar-refractivity contribution in [2.24, 2.45) is 0 Å². The van der Waals surface area contributed by atoms with Crippen molar-refractivity contribution in [3.63, 3.8) is 0 Å². The van der Waals surface area contributed by atoms with Gasteiger partial charge in [-0.15, -0.1) is 0 Å². The Kier molecular flexibility index (Phi) is 4.80. The molecule has 18 heavy (non-hydrogen) atoms. The van der Waals surface area contributed by atoms with Gasteiger partial charge in [0.25, 0.3) is 0 Å². The van der Waals surface area contributed by atoms with Crippen molar-refractivity contribution >= 4 is 31.9 Å². The Bertz CT molecular complexity index is 394. The summed E-state index contributed by atoms with van der Waals surface area (Å²) in [6.45, 7) is 7.05. The van der Waals surface area contributed by atoms with Gasteiger partial charge < -0.3 is 4.74 Å². The van der Waals surface area contributed by atoms with Gasteiger partial charge in [0.15, 0.2) is 0 Å². The number of pyridine rings is 1. The van der Waals surface area contributed by atoms with E-state index in [0.29, 0.717) is 0 Å². The smallest absolute Gasteiger partial charge is 0.0806 e. The summed E-state index contributed by atoms with van der Waals surface area (Å²) in [4.78, 5) is 6.84. The third-order valence-corrected chi connectivity index (χ3v) is 4.09. The Balaban J connectivity index is 2.02. The van der Waals surface area contributed by atoms with E-state index in [1.807, 2.05) is 12.3 Å². The molecule has 1 aromatic rings. The number of aromatic nitrogens is 1. The molecule has 1 aliphatic heterocycles. The van der Waals surface area contributed by atoms with E-state index in [0.717, 1.165) is 35.1 Å². The Morgan fingerprint density at radius 1 is 1.50 bits per heavy atom. The first kappa shape index (κ1) is 14.4. The minimum Gasteiger partial charge on any atom is -0.369 e. The van der Waals surface area contributed by atoms with Crippen LogP contribution in [0.1, 0.15) is 19.5 Å². The molecule has 0 saturated carbocycles. The van der Waals surface area contributed by atoms with Crippen LogP contribution in [0.2, 0.25) is 0 Å². The predicted octanol–water partition coefficient (Wildman–Crippen LogP) is 3.22. The second-order valence-electron chi connectivity index (χ2n) is 5.29. The fourth-order valence-corrected chi connectivity index (χ4v) is 2.92. The molecule has 1 atom stereocenters. The van der Waals surface area contributed by atoms with Gasteiger partial charge in [-0.1, -0.05) is 15.9 Å². The molecule has 1 aromatic heterocycles. The number of ether oxygens (including phenoxy) is 1. The molecule has 0 amide bonds. The minimum atomic E-state index is -0.0912. The van der Waals surface area contributed by atoms with Gasteiger partial charge in [0.05, 0.1) is 17.4 Å². The molecule has 1 aliphatic rings. The van der Waals surface area contributed by atoms with Crippen LogP contribution in [0.3, 0.4) is 0 Å². The van der Waals surface area contributed by atoms with Gasteiger partial charge in [0, 0.05) is 35.6 Å². The molecule has 100 valence electrons. The highest BCUT2D eigenvalue weighted by Crippen LogP contribution is 2.23. The molecule has 2 heterocycles. The van der Waals surface area contributed by atoms with Gasteiger partial charge in [0.1, 0.15) is 0 Å². The van der Waals surface area contributed by atoms with Crippen LogP contribution < -0.4 is 0 Å². The maximum atomic E-state index is 5.99. The third kappa shape index (κ3) is 4.02. The molecular formula is C13H18Br2N2O. The van der Waals surface area contributed by atoms with Crippen LogP contribution in [0.5, 0.6) is 0 Å². The molecule has 0 bridgehead atoms. The zero-order chi connectivity index (χ0) is 13.2. The van der Waals surface area contributed by atoms with Crippen molar-refractivity contribution in [1.29, 1.82) is 0 Å². The zero-order valence-electron chi connectivity index (χ0n) is 10.7. The molecule has 0 aliphatic carbocycles. The van der Waals surface area contributed by atoms with E-state index in [1.54, 1.807) is 0 Å². The molecule has 1 unspecified atom stereocenters. The molecule has 1 saturated heterocycles. The van der Waals surface area contributed by atoms with Crippen LogP contribution in [-0.2, 0) is 11.3 Å². The summed E-state index contributed by atoms with van der Waals surface area (Å²) in [5.74, 6) is 0. The standard InChI is InChI=1S/C13H18Br2N2O/c1-13(2)9-17(8-12(5-14)18-13)7-11-4-3-10(15)6-16-11/h3-4,6,12H,5,7-9H2,1-2H3. The first-order chi connectivity index (χ1) is 8.48. The summed E-state index contributed by atoms with van der Waals surface area (Å²) < 4.78 is 7.01. The monoisotopic (exact) mass is 376 g/mol. The number of rotatable bonds is 3. The van der Waals surface area contributed by atoms with Gasteiger partial charge in [0.2, 0.25) is 0 Å². The number of hydrogen-bond donors (Lipinski definition) is 0. The summed E-state index contributed by atoms with van der Waals surface area (Å²) >= 11 is 6.92. The molecule has 5 heteroatoms. The predicted molar refractivity (Wildman–Crippen MR) is 80.0 cm³/mol. The van der Waals surface area contributed by atoms with Crippen LogP contribution in [-0.4, -0.2) is 40.0 Å². The van der Waals surface area contributed by atoms with Crippen molar-refractivity contribution in [1.82, 2.24) is 9.88 Å². The summed E-state index contributed by atoms with van der Waals surface area (Å²) in [6, 6.07) is 4.10. The maximum Gasteiger partial charge on any atom is 0.0806 e. The lowest BCUT2D eigenvalue weighted by atomic mass is 10.1. The van der Waals surface area contributed by atoms with E-state index in [2.05, 4.69) is 61.7 Å². The van der Waals surface area contributed by atoms with Gasteiger partial charge in [-0.2, -0.15) is 0 Å². The van der Waals surface area contributed by atoms with E-state index >= 15 is 0 Å². The Labute approximate surface area is 125 Å². The fraction of sp³-hybridized carbons (Fsp3) is 0.615. The van der Waals surface area contributed by atoms with Gasteiger partial charge in [-0.3, -0.25) is 9.88 Å². The second kappa shape index (κ2) is 5.99. The summed E-state index contributed by atoms with van der Waals surface area (Å²) in [5.41, 5.74) is 1.01. The second-order valence-corrected chi connectivity index (χ2v) is 6.85. The van der Waals surface area contributed by atoms with Gasteiger partial charge >= 0.3 is 0 Å². The first-order valence-corrected chi connectivity index (χ1v) is 7.96. The van der Waals surface area contributed by atoms with Crippen LogP contribution in [0.15, 0.2) is 22.8 Å². The molecule has 0 aromatic carbocycles. The van der Waals surface area contributed by atoms with Crippen molar-refractivity contribution in [2.45, 2.75) is 32.1 Å². The Morgan fingerprint density at radius 3 is 2.89 bits per heavy atom. The van der Waals surface area contributed by atoms with Crippen LogP contribution >= 0.6 is 31.9 Å². The Morgan fingerprint density at radius 2 is 2.28 bits per heavy atom. The maximum absolute atomic E-state index is 5.99. The van der Waals surface area contributed by atoms with E-state index < -0.39 is 0 Å². The first-order valence-electron chi connectivity index (χ1n) is 6.05. The zero-order valence-corrected chi connectivity index (χ0v) is 13.9. The fourth-order valence-electron chi connectivity index (χ4n) is 2.35. The molecule has 2 rings (SSSR count). The average molecular weight is 378 g/mol. The molecule has 1 fully saturated rings.